The van der Waals surface area contributed by atoms with Crippen LogP contribution in [0.4, 0.5) is 5.69 Å². The second kappa shape index (κ2) is 8.87. The highest BCUT2D eigenvalue weighted by Crippen LogP contribution is 2.43. The quantitative estimate of drug-likeness (QED) is 0.268. The number of pyridine rings is 1. The van der Waals surface area contributed by atoms with Gasteiger partial charge in [-0.15, -0.1) is 0 Å². The zero-order chi connectivity index (χ0) is 22.2. The lowest BCUT2D eigenvalue weighted by molar-refractivity contribution is 0.439. The van der Waals surface area contributed by atoms with Crippen molar-refractivity contribution < 1.29 is 4.42 Å². The Bertz CT molecular complexity index is 1280. The van der Waals surface area contributed by atoms with Gasteiger partial charge in [0.15, 0.2) is 5.11 Å². The lowest BCUT2D eigenvalue weighted by Gasteiger charge is -2.26. The van der Waals surface area contributed by atoms with Gasteiger partial charge in [0.2, 0.25) is 0 Å². The Labute approximate surface area is 209 Å². The van der Waals surface area contributed by atoms with E-state index < -0.39 is 0 Å². The van der Waals surface area contributed by atoms with Crippen LogP contribution in [0.1, 0.15) is 23.5 Å². The fourth-order valence-electron chi connectivity index (χ4n) is 3.84. The van der Waals surface area contributed by atoms with Gasteiger partial charge in [0.05, 0.1) is 21.8 Å². The Morgan fingerprint density at radius 2 is 1.78 bits per heavy atom. The predicted molar refractivity (Wildman–Crippen MR) is 136 cm³/mol. The molecule has 0 aliphatic carbocycles. The van der Waals surface area contributed by atoms with E-state index in [-0.39, 0.29) is 12.1 Å². The molecule has 32 heavy (non-hydrogen) atoms. The van der Waals surface area contributed by atoms with Gasteiger partial charge in [-0.3, -0.25) is 4.98 Å². The molecule has 2 aromatic carbocycles. The lowest BCUT2D eigenvalue weighted by Crippen LogP contribution is -2.29. The molecule has 3 heterocycles. The number of furan rings is 1. The largest absolute Gasteiger partial charge is 0.459 e. The van der Waals surface area contributed by atoms with Crippen LogP contribution in [0.15, 0.2) is 87.9 Å². The van der Waals surface area contributed by atoms with Gasteiger partial charge in [0.1, 0.15) is 17.6 Å². The number of rotatable bonds is 4. The molecule has 1 saturated heterocycles. The predicted octanol–water partition coefficient (Wildman–Crippen LogP) is 7.59. The van der Waals surface area contributed by atoms with Crippen LogP contribution in [0.5, 0.6) is 0 Å². The van der Waals surface area contributed by atoms with Crippen molar-refractivity contribution >= 4 is 62.1 Å². The number of nitrogens with one attached hydrogen (secondary N) is 1. The Balaban J connectivity index is 1.59. The maximum absolute atomic E-state index is 6.34. The summed E-state index contributed by atoms with van der Waals surface area (Å²) in [5.41, 5.74) is 2.69. The summed E-state index contributed by atoms with van der Waals surface area (Å²) in [6.45, 7) is 0. The first-order chi connectivity index (χ1) is 15.5. The minimum Gasteiger partial charge on any atom is -0.459 e. The molecule has 0 radical (unpaired) electrons. The molecule has 1 N–H and O–H groups in total. The van der Waals surface area contributed by atoms with Gasteiger partial charge in [0.25, 0.3) is 0 Å². The van der Waals surface area contributed by atoms with E-state index in [4.69, 9.17) is 39.8 Å². The molecule has 1 fully saturated rings. The van der Waals surface area contributed by atoms with Crippen LogP contribution < -0.4 is 10.2 Å². The molecular weight excluding hydrogens is 529 g/mol. The molecule has 0 bridgehead atoms. The molecule has 160 valence electrons. The average Bonchev–Trinajstić information content (AvgIpc) is 3.41. The van der Waals surface area contributed by atoms with Crippen LogP contribution in [-0.2, 0) is 0 Å². The first-order valence-corrected chi connectivity index (χ1v) is 11.8. The van der Waals surface area contributed by atoms with E-state index in [0.29, 0.717) is 20.9 Å². The van der Waals surface area contributed by atoms with Gasteiger partial charge in [-0.05, 0) is 78.9 Å². The average molecular weight is 545 g/mol. The monoisotopic (exact) mass is 543 g/mol. The van der Waals surface area contributed by atoms with Crippen molar-refractivity contribution in [2.24, 2.45) is 0 Å². The van der Waals surface area contributed by atoms with Gasteiger partial charge in [-0.2, -0.15) is 0 Å². The topological polar surface area (TPSA) is 41.3 Å². The number of halogens is 3. The summed E-state index contributed by atoms with van der Waals surface area (Å²) in [5.74, 6) is 1.46. The van der Waals surface area contributed by atoms with Crippen molar-refractivity contribution in [1.29, 1.82) is 0 Å². The summed E-state index contributed by atoms with van der Waals surface area (Å²) in [5, 5.41) is 5.03. The van der Waals surface area contributed by atoms with E-state index in [9.17, 15) is 0 Å². The zero-order valence-electron chi connectivity index (χ0n) is 16.5. The van der Waals surface area contributed by atoms with E-state index in [1.807, 2.05) is 60.7 Å². The number of hydrogen-bond donors (Lipinski definition) is 1. The maximum Gasteiger partial charge on any atom is 0.174 e. The Morgan fingerprint density at radius 3 is 2.50 bits per heavy atom. The van der Waals surface area contributed by atoms with Gasteiger partial charge >= 0.3 is 0 Å². The van der Waals surface area contributed by atoms with Crippen LogP contribution in [-0.4, -0.2) is 10.1 Å². The molecule has 4 aromatic rings. The highest BCUT2D eigenvalue weighted by Gasteiger charge is 2.42. The second-order valence-corrected chi connectivity index (χ2v) is 9.42. The van der Waals surface area contributed by atoms with Gasteiger partial charge in [-0.25, -0.2) is 0 Å². The molecule has 0 unspecified atom stereocenters. The third-order valence-corrected chi connectivity index (χ3v) is 6.91. The molecule has 2 aromatic heterocycles. The zero-order valence-corrected chi connectivity index (χ0v) is 20.4. The van der Waals surface area contributed by atoms with Crippen molar-refractivity contribution in [3.63, 3.8) is 0 Å². The minimum absolute atomic E-state index is 0.180. The number of nitrogens with zero attached hydrogens (tertiary/aromatic N) is 2. The van der Waals surface area contributed by atoms with Crippen LogP contribution in [0.3, 0.4) is 0 Å². The van der Waals surface area contributed by atoms with Crippen LogP contribution in [0.25, 0.3) is 11.3 Å². The summed E-state index contributed by atoms with van der Waals surface area (Å²) in [7, 11) is 0. The Hall–Kier alpha value is -2.38. The molecule has 4 nitrogen and oxygen atoms in total. The molecule has 1 aliphatic rings. The van der Waals surface area contributed by atoms with Crippen molar-refractivity contribution in [2.45, 2.75) is 12.1 Å². The second-order valence-electron chi connectivity index (χ2n) is 7.30. The van der Waals surface area contributed by atoms with Gasteiger partial charge in [-0.1, -0.05) is 45.2 Å². The van der Waals surface area contributed by atoms with E-state index in [1.165, 1.54) is 0 Å². The van der Waals surface area contributed by atoms with Crippen molar-refractivity contribution in [3.05, 3.63) is 105 Å². The molecule has 5 rings (SSSR count). The fourth-order valence-corrected chi connectivity index (χ4v) is 4.75. The number of anilines is 1. The Morgan fingerprint density at radius 1 is 0.969 bits per heavy atom. The van der Waals surface area contributed by atoms with Crippen molar-refractivity contribution in [2.75, 3.05) is 4.90 Å². The highest BCUT2D eigenvalue weighted by molar-refractivity contribution is 9.10. The molecule has 8 heteroatoms. The molecule has 0 spiro atoms. The summed E-state index contributed by atoms with van der Waals surface area (Å²) in [6, 6.07) is 22.8. The number of hydrogen-bond acceptors (Lipinski definition) is 3. The van der Waals surface area contributed by atoms with Gasteiger partial charge < -0.3 is 14.6 Å². The highest BCUT2D eigenvalue weighted by atomic mass is 79.9. The van der Waals surface area contributed by atoms with Crippen molar-refractivity contribution in [1.82, 2.24) is 10.3 Å². The first kappa shape index (κ1) is 21.5. The molecular formula is C24H16BrCl2N3OS. The number of benzene rings is 2. The van der Waals surface area contributed by atoms with Crippen molar-refractivity contribution in [3.8, 4) is 11.3 Å². The molecule has 2 atom stereocenters. The smallest absolute Gasteiger partial charge is 0.174 e. The summed E-state index contributed by atoms with van der Waals surface area (Å²) in [4.78, 5) is 6.64. The summed E-state index contributed by atoms with van der Waals surface area (Å²) < 4.78 is 7.34. The number of thiocarbonyl (C=S) groups is 1. The SMILES string of the molecule is S=C1N[C@H](c2ccccn2)[C@H](c2ccc(-c3ccc(Cl)c(Cl)c3)o2)N1c1ccc(Br)cc1. The van der Waals surface area contributed by atoms with Crippen LogP contribution in [0, 0.1) is 0 Å². The lowest BCUT2D eigenvalue weighted by atomic mass is 10.0. The molecule has 0 amide bonds. The minimum atomic E-state index is -0.227. The maximum atomic E-state index is 6.34. The molecule has 1 aliphatic heterocycles. The van der Waals surface area contributed by atoms with Crippen LogP contribution in [0.2, 0.25) is 10.0 Å². The Kier molecular flexibility index (Phi) is 5.95. The third kappa shape index (κ3) is 4.04. The summed E-state index contributed by atoms with van der Waals surface area (Å²) in [6.07, 6.45) is 1.78. The van der Waals surface area contributed by atoms with E-state index in [0.717, 1.165) is 27.2 Å². The van der Waals surface area contributed by atoms with Crippen LogP contribution >= 0.6 is 51.3 Å². The molecule has 0 saturated carbocycles. The fraction of sp³-hybridized carbons (Fsp3) is 0.0833. The van der Waals surface area contributed by atoms with E-state index >= 15 is 0 Å². The van der Waals surface area contributed by atoms with Gasteiger partial charge in [0, 0.05) is 21.9 Å². The third-order valence-electron chi connectivity index (χ3n) is 5.33. The van der Waals surface area contributed by atoms with E-state index in [2.05, 4.69) is 31.1 Å². The standard InChI is InChI=1S/C24H16BrCl2N3OS/c25-15-5-7-16(8-6-15)30-23(22(29-24(30)32)19-3-1-2-12-28-19)21-11-10-20(31-21)14-4-9-17(26)18(27)13-14/h1-13,22-23H,(H,29,32)/t22-,23+/m1/s1. The normalized spacial score (nSPS) is 18.1. The summed E-state index contributed by atoms with van der Waals surface area (Å²) >= 11 is 21.5. The number of aromatic nitrogens is 1. The first-order valence-electron chi connectivity index (χ1n) is 9.82. The van der Waals surface area contributed by atoms with E-state index in [1.54, 1.807) is 18.3 Å².